The zero-order chi connectivity index (χ0) is 39.0. The Kier molecular flexibility index (Phi) is 9.08. The maximum atomic E-state index is 4.75. The number of rotatable bonds is 9. The predicted octanol–water partition coefficient (Wildman–Crippen LogP) is 13.4. The summed E-state index contributed by atoms with van der Waals surface area (Å²) in [5.41, 5.74) is 13.8. The minimum atomic E-state index is 0.0250. The number of hydrogen-bond donors (Lipinski definition) is 0. The maximum absolute atomic E-state index is 4.75. The van der Waals surface area contributed by atoms with Crippen molar-refractivity contribution in [2.24, 2.45) is 10.9 Å². The lowest BCUT2D eigenvalue weighted by atomic mass is 9.92. The second kappa shape index (κ2) is 15.0. The molecule has 4 nitrogen and oxygen atoms in total. The molecule has 2 aromatic heterocycles. The number of nitrogens with zero attached hydrogens (tertiary/aromatic N) is 4. The van der Waals surface area contributed by atoms with E-state index in [1.165, 1.54) is 38.5 Å². The largest absolute Gasteiger partial charge is 0.334 e. The highest BCUT2D eigenvalue weighted by Gasteiger charge is 2.23. The molecule has 8 aromatic rings. The van der Waals surface area contributed by atoms with E-state index in [2.05, 4.69) is 193 Å². The third kappa shape index (κ3) is 6.39. The summed E-state index contributed by atoms with van der Waals surface area (Å²) in [5.74, 6) is 0.126. The summed E-state index contributed by atoms with van der Waals surface area (Å²) in [5, 5.41) is 3.65. The molecule has 0 N–H and O–H groups in total. The summed E-state index contributed by atoms with van der Waals surface area (Å²) in [4.78, 5) is 11.9. The van der Waals surface area contributed by atoms with E-state index in [0.29, 0.717) is 0 Å². The molecular weight excluding hydrogens is 705 g/mol. The molecule has 0 saturated carbocycles. The first-order valence-electron chi connectivity index (χ1n) is 20.0. The number of benzene rings is 6. The normalized spacial score (nSPS) is 17.6. The molecule has 0 saturated heterocycles. The molecule has 2 aliphatic rings. The first-order chi connectivity index (χ1) is 28.6. The van der Waals surface area contributed by atoms with Crippen molar-refractivity contribution in [3.8, 4) is 16.8 Å². The molecular formula is C54H42N4. The van der Waals surface area contributed by atoms with Crippen LogP contribution in [0.3, 0.4) is 0 Å². The molecule has 3 heterocycles. The van der Waals surface area contributed by atoms with Gasteiger partial charge in [-0.05, 0) is 101 Å². The van der Waals surface area contributed by atoms with Crippen LogP contribution in [-0.2, 0) is 0 Å². The summed E-state index contributed by atoms with van der Waals surface area (Å²) in [6.45, 7) is 8.01. The number of fused-ring (bicyclic) bond motifs is 4. The molecule has 0 radical (unpaired) electrons. The highest BCUT2D eigenvalue weighted by atomic mass is 15.2. The molecule has 10 rings (SSSR count). The van der Waals surface area contributed by atoms with Crippen LogP contribution in [-0.4, -0.2) is 27.8 Å². The lowest BCUT2D eigenvalue weighted by Crippen LogP contribution is -2.30. The number of aliphatic imine (C=N–C) groups is 1. The first-order valence-corrected chi connectivity index (χ1v) is 20.0. The van der Waals surface area contributed by atoms with Crippen molar-refractivity contribution in [3.05, 3.63) is 219 Å². The Labute approximate surface area is 339 Å². The van der Waals surface area contributed by atoms with Crippen molar-refractivity contribution in [2.75, 3.05) is 4.90 Å². The van der Waals surface area contributed by atoms with Crippen LogP contribution in [0.25, 0.3) is 60.7 Å². The van der Waals surface area contributed by atoms with Crippen LogP contribution < -0.4 is 4.90 Å². The van der Waals surface area contributed by atoms with Crippen molar-refractivity contribution >= 4 is 61.4 Å². The van der Waals surface area contributed by atoms with Crippen LogP contribution in [0.1, 0.15) is 17.5 Å². The first kappa shape index (κ1) is 35.1. The number of dihydropyridines is 1. The van der Waals surface area contributed by atoms with Crippen molar-refractivity contribution < 1.29 is 0 Å². The molecule has 1 aliphatic carbocycles. The second-order valence-electron chi connectivity index (χ2n) is 15.1. The summed E-state index contributed by atoms with van der Waals surface area (Å²) in [6.07, 6.45) is 17.8. The minimum Gasteiger partial charge on any atom is -0.334 e. The molecule has 0 amide bonds. The van der Waals surface area contributed by atoms with Gasteiger partial charge in [0.2, 0.25) is 0 Å². The third-order valence-electron chi connectivity index (χ3n) is 11.6. The fourth-order valence-corrected chi connectivity index (χ4v) is 8.62. The summed E-state index contributed by atoms with van der Waals surface area (Å²) in [6, 6.07) is 54.8. The van der Waals surface area contributed by atoms with Crippen LogP contribution in [0.15, 0.2) is 212 Å². The Morgan fingerprint density at radius 2 is 1.33 bits per heavy atom. The van der Waals surface area contributed by atoms with Gasteiger partial charge in [-0.3, -0.25) is 9.98 Å². The average molecular weight is 747 g/mol. The van der Waals surface area contributed by atoms with E-state index in [1.54, 1.807) is 0 Å². The van der Waals surface area contributed by atoms with Gasteiger partial charge in [-0.25, -0.2) is 0 Å². The van der Waals surface area contributed by atoms with Crippen molar-refractivity contribution in [1.82, 2.24) is 9.55 Å². The van der Waals surface area contributed by atoms with E-state index in [1.807, 2.05) is 30.6 Å². The quantitative estimate of drug-likeness (QED) is 0.138. The molecule has 1 aliphatic heterocycles. The molecule has 4 heteroatoms. The number of allylic oxidation sites excluding steroid dienone is 3. The van der Waals surface area contributed by atoms with E-state index in [4.69, 9.17) is 9.98 Å². The Morgan fingerprint density at radius 1 is 0.621 bits per heavy atom. The van der Waals surface area contributed by atoms with E-state index in [-0.39, 0.29) is 18.0 Å². The molecule has 0 spiro atoms. The van der Waals surface area contributed by atoms with Gasteiger partial charge in [0.1, 0.15) is 0 Å². The molecule has 58 heavy (non-hydrogen) atoms. The molecule has 0 fully saturated rings. The van der Waals surface area contributed by atoms with Crippen molar-refractivity contribution in [1.29, 1.82) is 0 Å². The summed E-state index contributed by atoms with van der Waals surface area (Å²) < 4.78 is 2.36. The standard InChI is InChI=1S/C54H42N4/c1-3-37-32-43(35-55-51(37)4-2)39-20-27-47(28-21-39)57(48-29-22-40(23-30-48)44-33-42-12-8-10-16-52(42)56-36-44)46-25-18-38(19-26-46)41-24-31-54-50(34-41)49-15-9-11-17-53(49)58(54)45-13-6-5-7-14-45/h3-29,31-37,48,51H,1-2,30H2/t37?,48?,51-/m1/s1. The van der Waals surface area contributed by atoms with Gasteiger partial charge < -0.3 is 9.47 Å². The molecule has 2 unspecified atom stereocenters. The Balaban J connectivity index is 0.994. The average Bonchev–Trinajstić information content (AvgIpc) is 3.63. The van der Waals surface area contributed by atoms with E-state index < -0.39 is 0 Å². The van der Waals surface area contributed by atoms with E-state index >= 15 is 0 Å². The van der Waals surface area contributed by atoms with Crippen LogP contribution >= 0.6 is 0 Å². The van der Waals surface area contributed by atoms with Crippen LogP contribution in [0.4, 0.5) is 11.4 Å². The van der Waals surface area contributed by atoms with Crippen LogP contribution in [0, 0.1) is 5.92 Å². The van der Waals surface area contributed by atoms with Gasteiger partial charge in [-0.1, -0.05) is 121 Å². The minimum absolute atomic E-state index is 0.0250. The van der Waals surface area contributed by atoms with Crippen LogP contribution in [0.2, 0.25) is 0 Å². The van der Waals surface area contributed by atoms with Gasteiger partial charge in [-0.15, -0.1) is 13.2 Å². The molecule has 3 atom stereocenters. The van der Waals surface area contributed by atoms with Gasteiger partial charge in [0.25, 0.3) is 0 Å². The van der Waals surface area contributed by atoms with Crippen LogP contribution in [0.5, 0.6) is 0 Å². The van der Waals surface area contributed by atoms with Crippen molar-refractivity contribution in [3.63, 3.8) is 0 Å². The van der Waals surface area contributed by atoms with E-state index in [0.717, 1.165) is 51.1 Å². The van der Waals surface area contributed by atoms with Gasteiger partial charge >= 0.3 is 0 Å². The van der Waals surface area contributed by atoms with Crippen molar-refractivity contribution in [2.45, 2.75) is 18.5 Å². The Morgan fingerprint density at radius 3 is 2.09 bits per heavy atom. The molecule has 278 valence electrons. The van der Waals surface area contributed by atoms with Gasteiger partial charge in [0.15, 0.2) is 0 Å². The smallest absolute Gasteiger partial charge is 0.0774 e. The number of hydrogen-bond acceptors (Lipinski definition) is 3. The maximum Gasteiger partial charge on any atom is 0.0774 e. The molecule has 0 bridgehead atoms. The zero-order valence-corrected chi connectivity index (χ0v) is 32.2. The Hall–Kier alpha value is -7.30. The van der Waals surface area contributed by atoms with Gasteiger partial charge in [0.05, 0.1) is 28.6 Å². The fourth-order valence-electron chi connectivity index (χ4n) is 8.62. The van der Waals surface area contributed by atoms with Gasteiger partial charge in [0, 0.05) is 57.1 Å². The molecule has 6 aromatic carbocycles. The summed E-state index contributed by atoms with van der Waals surface area (Å²) in [7, 11) is 0. The fraction of sp³-hybridized carbons (Fsp3) is 0.0741. The Bertz CT molecular complexity index is 2960. The number of aromatic nitrogens is 2. The lowest BCUT2D eigenvalue weighted by Gasteiger charge is -2.33. The van der Waals surface area contributed by atoms with Gasteiger partial charge in [-0.2, -0.15) is 0 Å². The topological polar surface area (TPSA) is 33.4 Å². The highest BCUT2D eigenvalue weighted by Crippen LogP contribution is 2.38. The third-order valence-corrected chi connectivity index (χ3v) is 11.6. The van der Waals surface area contributed by atoms with E-state index in [9.17, 15) is 0 Å². The predicted molar refractivity (Wildman–Crippen MR) is 246 cm³/mol. The number of pyridine rings is 1. The summed E-state index contributed by atoms with van der Waals surface area (Å²) >= 11 is 0. The zero-order valence-electron chi connectivity index (χ0n) is 32.2. The number of anilines is 2. The highest BCUT2D eigenvalue weighted by molar-refractivity contribution is 6.11. The SMILES string of the molecule is C=CC1C=C(c2ccc(N(c3ccc(-c4ccc5c(c4)c4ccccc4n5-c4ccccc4)cc3)C3C=CC(c4cnc5ccccc5c4)=CC3)cc2)C=N[C@@H]1C=C. The monoisotopic (exact) mass is 746 g/mol. The second-order valence-corrected chi connectivity index (χ2v) is 15.1. The number of para-hydroxylation sites is 3. The lowest BCUT2D eigenvalue weighted by molar-refractivity contribution is 0.695.